The molecule has 0 heterocycles. The molecule has 138 valence electrons. The van der Waals surface area contributed by atoms with Gasteiger partial charge in [0.05, 0.1) is 16.4 Å². The summed E-state index contributed by atoms with van der Waals surface area (Å²) in [6.45, 7) is -0.606. The van der Waals surface area contributed by atoms with Crippen molar-refractivity contribution >= 4 is 27.3 Å². The molecular weight excluding hydrogens is 372 g/mol. The second-order valence-electron chi connectivity index (χ2n) is 5.19. The Morgan fingerprint density at radius 1 is 1.19 bits per heavy atom. The molecule has 0 aliphatic carbocycles. The average Bonchev–Trinajstić information content (AvgIpc) is 2.56. The predicted octanol–water partition coefficient (Wildman–Crippen LogP) is 2.13. The zero-order valence-electron chi connectivity index (χ0n) is 13.3. The topological polar surface area (TPSA) is 110 Å². The van der Waals surface area contributed by atoms with Crippen molar-refractivity contribution in [1.29, 1.82) is 0 Å². The number of halogens is 2. The van der Waals surface area contributed by atoms with Crippen LogP contribution in [-0.4, -0.2) is 37.1 Å². The lowest BCUT2D eigenvalue weighted by molar-refractivity contribution is -0.387. The Labute approximate surface area is 147 Å². The fraction of sp³-hybridized carbons (Fsp3) is 0.133. The SMILES string of the molecule is CN(CC(=O)Nc1ccc(F)c([N+](=O)[O-])c1)S(=O)(=O)c1ccc(F)cc1. The number of hydrogen-bond donors (Lipinski definition) is 1. The third-order valence-corrected chi connectivity index (χ3v) is 5.13. The maximum Gasteiger partial charge on any atom is 0.306 e. The molecule has 0 aliphatic rings. The number of amides is 1. The van der Waals surface area contributed by atoms with E-state index in [4.69, 9.17) is 0 Å². The second-order valence-corrected chi connectivity index (χ2v) is 7.23. The number of nitro groups is 1. The summed E-state index contributed by atoms with van der Waals surface area (Å²) in [4.78, 5) is 21.5. The van der Waals surface area contributed by atoms with E-state index in [0.29, 0.717) is 0 Å². The number of sulfonamides is 1. The van der Waals surface area contributed by atoms with E-state index in [0.717, 1.165) is 53.8 Å². The van der Waals surface area contributed by atoms with Gasteiger partial charge in [-0.3, -0.25) is 14.9 Å². The molecule has 1 N–H and O–H groups in total. The molecule has 0 saturated heterocycles. The largest absolute Gasteiger partial charge is 0.325 e. The van der Waals surface area contributed by atoms with E-state index in [1.54, 1.807) is 0 Å². The van der Waals surface area contributed by atoms with Crippen LogP contribution in [0.5, 0.6) is 0 Å². The van der Waals surface area contributed by atoms with Gasteiger partial charge in [-0.25, -0.2) is 12.8 Å². The number of rotatable bonds is 6. The highest BCUT2D eigenvalue weighted by Gasteiger charge is 2.23. The highest BCUT2D eigenvalue weighted by atomic mass is 32.2. The number of nitrogens with one attached hydrogen (secondary N) is 1. The first-order chi connectivity index (χ1) is 12.1. The van der Waals surface area contributed by atoms with Gasteiger partial charge in [-0.1, -0.05) is 0 Å². The summed E-state index contributed by atoms with van der Waals surface area (Å²) in [6, 6.07) is 6.80. The third-order valence-electron chi connectivity index (χ3n) is 3.31. The summed E-state index contributed by atoms with van der Waals surface area (Å²) in [5.41, 5.74) is -0.884. The molecule has 0 bridgehead atoms. The molecule has 2 aromatic carbocycles. The zero-order valence-corrected chi connectivity index (χ0v) is 14.2. The summed E-state index contributed by atoms with van der Waals surface area (Å²) in [5, 5.41) is 12.9. The molecule has 0 saturated carbocycles. The van der Waals surface area contributed by atoms with Gasteiger partial charge in [-0.2, -0.15) is 8.70 Å². The molecule has 0 aromatic heterocycles. The van der Waals surface area contributed by atoms with Crippen LogP contribution in [0.25, 0.3) is 0 Å². The minimum atomic E-state index is -4.03. The van der Waals surface area contributed by atoms with Crippen LogP contribution in [0.15, 0.2) is 47.4 Å². The van der Waals surface area contributed by atoms with Crippen LogP contribution in [0.3, 0.4) is 0 Å². The number of nitro benzene ring substituents is 1. The molecule has 2 rings (SSSR count). The first-order valence-corrected chi connectivity index (χ1v) is 8.51. The van der Waals surface area contributed by atoms with E-state index in [2.05, 4.69) is 5.32 Å². The molecule has 0 radical (unpaired) electrons. The van der Waals surface area contributed by atoms with Crippen LogP contribution in [-0.2, 0) is 14.8 Å². The van der Waals surface area contributed by atoms with Gasteiger partial charge in [0.15, 0.2) is 0 Å². The second kappa shape index (κ2) is 7.54. The molecule has 0 fully saturated rings. The van der Waals surface area contributed by atoms with Gasteiger partial charge in [-0.15, -0.1) is 0 Å². The molecule has 0 spiro atoms. The number of anilines is 1. The summed E-state index contributed by atoms with van der Waals surface area (Å²) >= 11 is 0. The van der Waals surface area contributed by atoms with Crippen molar-refractivity contribution in [2.24, 2.45) is 0 Å². The molecular formula is C15H13F2N3O5S. The van der Waals surface area contributed by atoms with E-state index in [1.807, 2.05) is 0 Å². The van der Waals surface area contributed by atoms with Crippen LogP contribution in [0.2, 0.25) is 0 Å². The lowest BCUT2D eigenvalue weighted by Crippen LogP contribution is -2.35. The van der Waals surface area contributed by atoms with Crippen LogP contribution < -0.4 is 5.32 Å². The average molecular weight is 385 g/mol. The lowest BCUT2D eigenvalue weighted by Gasteiger charge is -2.17. The van der Waals surface area contributed by atoms with E-state index in [1.165, 1.54) is 0 Å². The quantitative estimate of drug-likeness (QED) is 0.605. The molecule has 0 unspecified atom stereocenters. The summed E-state index contributed by atoms with van der Waals surface area (Å²) in [6.07, 6.45) is 0. The van der Waals surface area contributed by atoms with Crippen molar-refractivity contribution in [3.8, 4) is 0 Å². The molecule has 0 aliphatic heterocycles. The minimum Gasteiger partial charge on any atom is -0.325 e. The zero-order chi connectivity index (χ0) is 19.5. The molecule has 0 atom stereocenters. The molecule has 2 aromatic rings. The molecule has 11 heteroatoms. The Bertz CT molecular complexity index is 948. The standard InChI is InChI=1S/C15H13F2N3O5S/c1-19(26(24,25)12-5-2-10(16)3-6-12)9-15(21)18-11-4-7-13(17)14(8-11)20(22)23/h2-8H,9H2,1H3,(H,18,21). The highest BCUT2D eigenvalue weighted by molar-refractivity contribution is 7.89. The van der Waals surface area contributed by atoms with E-state index >= 15 is 0 Å². The number of hydrogen-bond acceptors (Lipinski definition) is 5. The smallest absolute Gasteiger partial charge is 0.306 e. The van der Waals surface area contributed by atoms with Crippen LogP contribution in [0.4, 0.5) is 20.2 Å². The number of likely N-dealkylation sites (N-methyl/N-ethyl adjacent to an activating group) is 1. The van der Waals surface area contributed by atoms with Crippen molar-refractivity contribution in [3.63, 3.8) is 0 Å². The maximum atomic E-state index is 13.3. The normalized spacial score (nSPS) is 11.4. The predicted molar refractivity (Wildman–Crippen MR) is 87.9 cm³/mol. The van der Waals surface area contributed by atoms with Gasteiger partial charge in [0.25, 0.3) is 0 Å². The lowest BCUT2D eigenvalue weighted by atomic mass is 10.2. The maximum absolute atomic E-state index is 13.3. The number of carbonyl (C=O) groups excluding carboxylic acids is 1. The van der Waals surface area contributed by atoms with E-state index < -0.39 is 44.7 Å². The van der Waals surface area contributed by atoms with Crippen molar-refractivity contribution < 1.29 is 26.9 Å². The summed E-state index contributed by atoms with van der Waals surface area (Å²) in [5.74, 6) is -2.47. The fourth-order valence-electron chi connectivity index (χ4n) is 2.00. The van der Waals surface area contributed by atoms with Gasteiger partial charge < -0.3 is 5.32 Å². The van der Waals surface area contributed by atoms with Crippen LogP contribution in [0.1, 0.15) is 0 Å². The van der Waals surface area contributed by atoms with Crippen molar-refractivity contribution in [2.75, 3.05) is 18.9 Å². The molecule has 1 amide bonds. The Balaban J connectivity index is 2.11. The van der Waals surface area contributed by atoms with Crippen molar-refractivity contribution in [2.45, 2.75) is 4.90 Å². The van der Waals surface area contributed by atoms with Gasteiger partial charge >= 0.3 is 5.69 Å². The fourth-order valence-corrected chi connectivity index (χ4v) is 3.13. The Morgan fingerprint density at radius 2 is 1.81 bits per heavy atom. The van der Waals surface area contributed by atoms with Gasteiger partial charge in [0, 0.05) is 18.8 Å². The third kappa shape index (κ3) is 4.37. The van der Waals surface area contributed by atoms with Crippen LogP contribution >= 0.6 is 0 Å². The first-order valence-electron chi connectivity index (χ1n) is 7.07. The Morgan fingerprint density at radius 3 is 2.38 bits per heavy atom. The highest BCUT2D eigenvalue weighted by Crippen LogP contribution is 2.22. The summed E-state index contributed by atoms with van der Waals surface area (Å²) in [7, 11) is -2.89. The van der Waals surface area contributed by atoms with Crippen molar-refractivity contribution in [1.82, 2.24) is 4.31 Å². The first kappa shape index (κ1) is 19.4. The monoisotopic (exact) mass is 385 g/mol. The van der Waals surface area contributed by atoms with E-state index in [9.17, 15) is 32.1 Å². The summed E-state index contributed by atoms with van der Waals surface area (Å²) < 4.78 is 51.5. The van der Waals surface area contributed by atoms with Gasteiger partial charge in [0.1, 0.15) is 5.82 Å². The molecule has 26 heavy (non-hydrogen) atoms. The number of benzene rings is 2. The van der Waals surface area contributed by atoms with Crippen molar-refractivity contribution in [3.05, 3.63) is 64.2 Å². The van der Waals surface area contributed by atoms with Crippen LogP contribution in [0, 0.1) is 21.7 Å². The van der Waals surface area contributed by atoms with Gasteiger partial charge in [-0.05, 0) is 36.4 Å². The van der Waals surface area contributed by atoms with Gasteiger partial charge in [0.2, 0.25) is 21.7 Å². The van der Waals surface area contributed by atoms with E-state index in [-0.39, 0.29) is 10.6 Å². The minimum absolute atomic E-state index is 0.0596. The number of nitrogens with zero attached hydrogens (tertiary/aromatic N) is 2. The molecule has 8 nitrogen and oxygen atoms in total. The Kier molecular flexibility index (Phi) is 5.63. The Hall–Kier alpha value is -2.92. The number of carbonyl (C=O) groups is 1.